The molecule has 134 valence electrons. The standard InChI is InChI=1S/C19H30N2O3/c22-18(16-13-6-7-14(12-13)17(16)19(23)24)21-10-8-20(9-11-21)15-4-2-1-3-5-15/h13-17H,1-12H2,(H,23,24). The molecule has 1 amide bonds. The average molecular weight is 334 g/mol. The predicted octanol–water partition coefficient (Wildman–Crippen LogP) is 2.21. The van der Waals surface area contributed by atoms with Crippen molar-refractivity contribution in [2.24, 2.45) is 23.7 Å². The van der Waals surface area contributed by atoms with Crippen LogP contribution in [-0.2, 0) is 9.59 Å². The van der Waals surface area contributed by atoms with Crippen molar-refractivity contribution in [3.8, 4) is 0 Å². The molecule has 0 aromatic heterocycles. The van der Waals surface area contributed by atoms with Crippen LogP contribution in [0.5, 0.6) is 0 Å². The molecule has 4 unspecified atom stereocenters. The van der Waals surface area contributed by atoms with E-state index in [1.165, 1.54) is 32.1 Å². The number of hydrogen-bond donors (Lipinski definition) is 1. The van der Waals surface area contributed by atoms with E-state index in [0.29, 0.717) is 12.0 Å². The number of carbonyl (C=O) groups excluding carboxylic acids is 1. The number of amides is 1. The topological polar surface area (TPSA) is 60.9 Å². The molecule has 0 aromatic rings. The van der Waals surface area contributed by atoms with E-state index in [0.717, 1.165) is 45.4 Å². The molecule has 1 heterocycles. The van der Waals surface area contributed by atoms with Gasteiger partial charge in [-0.1, -0.05) is 19.3 Å². The fourth-order valence-corrected chi connectivity index (χ4v) is 5.97. The molecule has 3 aliphatic carbocycles. The van der Waals surface area contributed by atoms with Crippen LogP contribution in [0.1, 0.15) is 51.4 Å². The molecule has 3 saturated carbocycles. The van der Waals surface area contributed by atoms with Gasteiger partial charge >= 0.3 is 5.97 Å². The Bertz CT molecular complexity index is 495. The number of hydrogen-bond acceptors (Lipinski definition) is 3. The van der Waals surface area contributed by atoms with E-state index in [9.17, 15) is 14.7 Å². The summed E-state index contributed by atoms with van der Waals surface area (Å²) < 4.78 is 0. The minimum atomic E-state index is -0.749. The molecule has 4 rings (SSSR count). The number of piperazine rings is 1. The molecule has 1 N–H and O–H groups in total. The predicted molar refractivity (Wildman–Crippen MR) is 90.5 cm³/mol. The number of nitrogens with zero attached hydrogens (tertiary/aromatic N) is 2. The molecular formula is C19H30N2O3. The molecule has 0 aromatic carbocycles. The van der Waals surface area contributed by atoms with Gasteiger partial charge in [0, 0.05) is 32.2 Å². The zero-order valence-corrected chi connectivity index (χ0v) is 14.5. The Morgan fingerprint density at radius 2 is 1.42 bits per heavy atom. The number of fused-ring (bicyclic) bond motifs is 2. The number of carbonyl (C=O) groups is 2. The molecule has 4 atom stereocenters. The van der Waals surface area contributed by atoms with E-state index in [1.807, 2.05) is 4.90 Å². The first kappa shape index (κ1) is 16.4. The first-order valence-electron chi connectivity index (χ1n) is 9.91. The highest BCUT2D eigenvalue weighted by Gasteiger charge is 2.54. The Labute approximate surface area is 144 Å². The number of aliphatic carboxylic acids is 1. The molecule has 5 nitrogen and oxygen atoms in total. The van der Waals surface area contributed by atoms with Gasteiger partial charge in [-0.25, -0.2) is 0 Å². The second kappa shape index (κ2) is 6.66. The summed E-state index contributed by atoms with van der Waals surface area (Å²) in [5, 5.41) is 9.59. The van der Waals surface area contributed by atoms with Gasteiger partial charge in [0.1, 0.15) is 0 Å². The highest BCUT2D eigenvalue weighted by molar-refractivity contribution is 5.86. The van der Waals surface area contributed by atoms with Crippen molar-refractivity contribution in [3.05, 3.63) is 0 Å². The van der Waals surface area contributed by atoms with E-state index < -0.39 is 11.9 Å². The Morgan fingerprint density at radius 1 is 0.792 bits per heavy atom. The van der Waals surface area contributed by atoms with Crippen molar-refractivity contribution < 1.29 is 14.7 Å². The van der Waals surface area contributed by atoms with Crippen molar-refractivity contribution >= 4 is 11.9 Å². The van der Waals surface area contributed by atoms with Crippen molar-refractivity contribution in [2.45, 2.75) is 57.4 Å². The van der Waals surface area contributed by atoms with E-state index in [-0.39, 0.29) is 17.7 Å². The van der Waals surface area contributed by atoms with Crippen LogP contribution in [0, 0.1) is 23.7 Å². The van der Waals surface area contributed by atoms with E-state index >= 15 is 0 Å². The van der Waals surface area contributed by atoms with Gasteiger partial charge in [-0.15, -0.1) is 0 Å². The number of rotatable bonds is 3. The van der Waals surface area contributed by atoms with Crippen LogP contribution < -0.4 is 0 Å². The summed E-state index contributed by atoms with van der Waals surface area (Å²) in [5.41, 5.74) is 0. The average Bonchev–Trinajstić information content (AvgIpc) is 3.23. The molecule has 24 heavy (non-hydrogen) atoms. The monoisotopic (exact) mass is 334 g/mol. The molecule has 1 aliphatic heterocycles. The van der Waals surface area contributed by atoms with Crippen LogP contribution in [0.25, 0.3) is 0 Å². The van der Waals surface area contributed by atoms with Gasteiger partial charge < -0.3 is 10.0 Å². The fraction of sp³-hybridized carbons (Fsp3) is 0.895. The molecule has 4 fully saturated rings. The molecular weight excluding hydrogens is 304 g/mol. The Morgan fingerprint density at radius 3 is 2.04 bits per heavy atom. The van der Waals surface area contributed by atoms with E-state index in [4.69, 9.17) is 0 Å². The molecule has 0 radical (unpaired) electrons. The lowest BCUT2D eigenvalue weighted by Gasteiger charge is -2.42. The summed E-state index contributed by atoms with van der Waals surface area (Å²) in [6.07, 6.45) is 9.67. The molecule has 0 spiro atoms. The summed E-state index contributed by atoms with van der Waals surface area (Å²) in [6, 6.07) is 0.713. The normalized spacial score (nSPS) is 37.8. The molecule has 5 heteroatoms. The maximum atomic E-state index is 13.0. The summed E-state index contributed by atoms with van der Waals surface area (Å²) in [4.78, 5) is 29.2. The van der Waals surface area contributed by atoms with E-state index in [1.54, 1.807) is 0 Å². The Balaban J connectivity index is 1.37. The maximum absolute atomic E-state index is 13.0. The maximum Gasteiger partial charge on any atom is 0.307 e. The van der Waals surface area contributed by atoms with Crippen LogP contribution in [0.3, 0.4) is 0 Å². The minimum Gasteiger partial charge on any atom is -0.481 e. The van der Waals surface area contributed by atoms with Gasteiger partial charge in [0.25, 0.3) is 0 Å². The highest BCUT2D eigenvalue weighted by atomic mass is 16.4. The highest BCUT2D eigenvalue weighted by Crippen LogP contribution is 2.53. The first-order valence-corrected chi connectivity index (χ1v) is 9.91. The zero-order chi connectivity index (χ0) is 16.7. The first-order chi connectivity index (χ1) is 11.6. The van der Waals surface area contributed by atoms with Crippen molar-refractivity contribution in [2.75, 3.05) is 26.2 Å². The minimum absolute atomic E-state index is 0.137. The summed E-state index contributed by atoms with van der Waals surface area (Å²) in [5.74, 6) is -0.723. The van der Waals surface area contributed by atoms with Crippen LogP contribution >= 0.6 is 0 Å². The second-order valence-corrected chi connectivity index (χ2v) is 8.38. The van der Waals surface area contributed by atoms with Gasteiger partial charge in [-0.05, 0) is 43.9 Å². The molecule has 4 aliphatic rings. The third-order valence-corrected chi connectivity index (χ3v) is 7.20. The van der Waals surface area contributed by atoms with E-state index in [2.05, 4.69) is 4.90 Å². The summed E-state index contributed by atoms with van der Waals surface area (Å²) >= 11 is 0. The third kappa shape index (κ3) is 2.85. The van der Waals surface area contributed by atoms with Gasteiger partial charge in [0.2, 0.25) is 5.91 Å². The lowest BCUT2D eigenvalue weighted by molar-refractivity contribution is -0.153. The molecule has 2 bridgehead atoms. The van der Waals surface area contributed by atoms with Crippen molar-refractivity contribution in [1.29, 1.82) is 0 Å². The second-order valence-electron chi connectivity index (χ2n) is 8.38. The third-order valence-electron chi connectivity index (χ3n) is 7.20. The molecule has 1 saturated heterocycles. The lowest BCUT2D eigenvalue weighted by Crippen LogP contribution is -2.54. The number of carboxylic acids is 1. The summed E-state index contributed by atoms with van der Waals surface area (Å²) in [7, 11) is 0. The Kier molecular flexibility index (Phi) is 4.54. The largest absolute Gasteiger partial charge is 0.481 e. The fourth-order valence-electron chi connectivity index (χ4n) is 5.97. The Hall–Kier alpha value is -1.10. The van der Waals surface area contributed by atoms with Gasteiger partial charge in [-0.3, -0.25) is 14.5 Å². The SMILES string of the molecule is O=C(O)C1C2CCC(C2)C1C(=O)N1CCN(C2CCCCC2)CC1. The van der Waals surface area contributed by atoms with Crippen LogP contribution in [0.4, 0.5) is 0 Å². The van der Waals surface area contributed by atoms with Crippen LogP contribution in [-0.4, -0.2) is 59.0 Å². The van der Waals surface area contributed by atoms with Gasteiger partial charge in [-0.2, -0.15) is 0 Å². The van der Waals surface area contributed by atoms with Gasteiger partial charge in [0.05, 0.1) is 11.8 Å². The van der Waals surface area contributed by atoms with Gasteiger partial charge in [0.15, 0.2) is 0 Å². The number of carboxylic acid groups (broad SMARTS) is 1. The quantitative estimate of drug-likeness (QED) is 0.860. The van der Waals surface area contributed by atoms with Crippen LogP contribution in [0.15, 0.2) is 0 Å². The van der Waals surface area contributed by atoms with Crippen molar-refractivity contribution in [1.82, 2.24) is 9.80 Å². The smallest absolute Gasteiger partial charge is 0.307 e. The van der Waals surface area contributed by atoms with Crippen molar-refractivity contribution in [3.63, 3.8) is 0 Å². The van der Waals surface area contributed by atoms with Crippen LogP contribution in [0.2, 0.25) is 0 Å². The zero-order valence-electron chi connectivity index (χ0n) is 14.5. The lowest BCUT2D eigenvalue weighted by atomic mass is 9.78. The summed E-state index contributed by atoms with van der Waals surface area (Å²) in [6.45, 7) is 3.51.